The molecule has 90 valence electrons. The zero-order valence-corrected chi connectivity index (χ0v) is 10.6. The van der Waals surface area contributed by atoms with Crippen LogP contribution in [-0.4, -0.2) is 25.8 Å². The SMILES string of the molecule is CCOCCC1(CNC(C)C)CCCC1. The summed E-state index contributed by atoms with van der Waals surface area (Å²) in [5.41, 5.74) is 0.541. The summed E-state index contributed by atoms with van der Waals surface area (Å²) in [5, 5.41) is 3.60. The summed E-state index contributed by atoms with van der Waals surface area (Å²) < 4.78 is 5.50. The van der Waals surface area contributed by atoms with E-state index in [-0.39, 0.29) is 0 Å². The van der Waals surface area contributed by atoms with Crippen LogP contribution in [-0.2, 0) is 4.74 Å². The van der Waals surface area contributed by atoms with Gasteiger partial charge in [0.1, 0.15) is 0 Å². The van der Waals surface area contributed by atoms with Gasteiger partial charge in [-0.15, -0.1) is 0 Å². The van der Waals surface area contributed by atoms with Crippen molar-refractivity contribution >= 4 is 0 Å². The van der Waals surface area contributed by atoms with Crippen molar-refractivity contribution in [3.05, 3.63) is 0 Å². The summed E-state index contributed by atoms with van der Waals surface area (Å²) >= 11 is 0. The van der Waals surface area contributed by atoms with E-state index in [1.54, 1.807) is 0 Å². The van der Waals surface area contributed by atoms with E-state index < -0.39 is 0 Å². The van der Waals surface area contributed by atoms with Crippen LogP contribution in [0.4, 0.5) is 0 Å². The first kappa shape index (κ1) is 13.0. The Bertz CT molecular complexity index is 162. The van der Waals surface area contributed by atoms with Crippen molar-refractivity contribution in [1.82, 2.24) is 5.32 Å². The van der Waals surface area contributed by atoms with E-state index in [1.807, 2.05) is 0 Å². The summed E-state index contributed by atoms with van der Waals surface area (Å²) in [7, 11) is 0. The minimum atomic E-state index is 0.541. The van der Waals surface area contributed by atoms with Gasteiger partial charge in [0, 0.05) is 25.8 Å². The van der Waals surface area contributed by atoms with Crippen molar-refractivity contribution in [1.29, 1.82) is 0 Å². The summed E-state index contributed by atoms with van der Waals surface area (Å²) in [6.45, 7) is 9.51. The standard InChI is InChI=1S/C13H27NO/c1-4-15-10-9-13(7-5-6-8-13)11-14-12(2)3/h12,14H,4-11H2,1-3H3. The van der Waals surface area contributed by atoms with Gasteiger partial charge in [0.25, 0.3) is 0 Å². The summed E-state index contributed by atoms with van der Waals surface area (Å²) in [6, 6.07) is 0.606. The van der Waals surface area contributed by atoms with Gasteiger partial charge >= 0.3 is 0 Å². The van der Waals surface area contributed by atoms with Gasteiger partial charge in [-0.1, -0.05) is 26.7 Å². The second kappa shape index (κ2) is 6.49. The number of nitrogens with one attached hydrogen (secondary N) is 1. The van der Waals surface area contributed by atoms with Crippen molar-refractivity contribution in [3.8, 4) is 0 Å². The van der Waals surface area contributed by atoms with Crippen LogP contribution in [0, 0.1) is 5.41 Å². The number of hydrogen-bond acceptors (Lipinski definition) is 2. The molecule has 0 aromatic rings. The van der Waals surface area contributed by atoms with Crippen LogP contribution in [0.25, 0.3) is 0 Å². The number of hydrogen-bond donors (Lipinski definition) is 1. The summed E-state index contributed by atoms with van der Waals surface area (Å²) in [4.78, 5) is 0. The van der Waals surface area contributed by atoms with Gasteiger partial charge in [0.2, 0.25) is 0 Å². The molecule has 1 rings (SSSR count). The molecule has 1 aliphatic carbocycles. The van der Waals surface area contributed by atoms with Gasteiger partial charge in [-0.2, -0.15) is 0 Å². The highest BCUT2D eigenvalue weighted by Crippen LogP contribution is 2.40. The highest BCUT2D eigenvalue weighted by molar-refractivity contribution is 4.87. The van der Waals surface area contributed by atoms with Gasteiger partial charge < -0.3 is 10.1 Å². The zero-order chi connectivity index (χ0) is 11.1. The second-order valence-corrected chi connectivity index (χ2v) is 5.19. The molecule has 15 heavy (non-hydrogen) atoms. The van der Waals surface area contributed by atoms with Crippen molar-refractivity contribution in [2.45, 2.75) is 58.9 Å². The molecule has 0 atom stereocenters. The Morgan fingerprint density at radius 1 is 1.27 bits per heavy atom. The Labute approximate surface area is 94.8 Å². The third kappa shape index (κ3) is 4.52. The van der Waals surface area contributed by atoms with Crippen LogP contribution in [0.2, 0.25) is 0 Å². The topological polar surface area (TPSA) is 21.3 Å². The zero-order valence-electron chi connectivity index (χ0n) is 10.6. The molecule has 2 heteroatoms. The highest BCUT2D eigenvalue weighted by atomic mass is 16.5. The van der Waals surface area contributed by atoms with E-state index >= 15 is 0 Å². The molecular formula is C13H27NO. The molecule has 0 spiro atoms. The van der Waals surface area contributed by atoms with E-state index in [1.165, 1.54) is 38.6 Å². The smallest absolute Gasteiger partial charge is 0.0471 e. The molecule has 2 nitrogen and oxygen atoms in total. The van der Waals surface area contributed by atoms with Crippen molar-refractivity contribution in [2.75, 3.05) is 19.8 Å². The third-order valence-corrected chi connectivity index (χ3v) is 3.53. The quantitative estimate of drug-likeness (QED) is 0.656. The average Bonchev–Trinajstić information content (AvgIpc) is 2.65. The van der Waals surface area contributed by atoms with E-state index in [4.69, 9.17) is 4.74 Å². The molecule has 1 fully saturated rings. The Hall–Kier alpha value is -0.0800. The molecule has 0 heterocycles. The lowest BCUT2D eigenvalue weighted by atomic mass is 9.82. The molecule has 0 radical (unpaired) electrons. The molecule has 0 unspecified atom stereocenters. The van der Waals surface area contributed by atoms with E-state index in [2.05, 4.69) is 26.1 Å². The average molecular weight is 213 g/mol. The molecule has 1 saturated carbocycles. The van der Waals surface area contributed by atoms with Gasteiger partial charge in [-0.05, 0) is 31.6 Å². The molecule has 0 aromatic carbocycles. The fraction of sp³-hybridized carbons (Fsp3) is 1.00. The Morgan fingerprint density at radius 3 is 2.47 bits per heavy atom. The number of rotatable bonds is 7. The second-order valence-electron chi connectivity index (χ2n) is 5.19. The summed E-state index contributed by atoms with van der Waals surface area (Å²) in [5.74, 6) is 0. The van der Waals surface area contributed by atoms with Crippen LogP contribution in [0.5, 0.6) is 0 Å². The number of ether oxygens (including phenoxy) is 1. The largest absolute Gasteiger partial charge is 0.382 e. The van der Waals surface area contributed by atoms with E-state index in [0.29, 0.717) is 11.5 Å². The minimum absolute atomic E-state index is 0.541. The molecule has 0 amide bonds. The first-order valence-corrected chi connectivity index (χ1v) is 6.50. The molecule has 0 aliphatic heterocycles. The maximum Gasteiger partial charge on any atom is 0.0471 e. The van der Waals surface area contributed by atoms with Crippen LogP contribution in [0.3, 0.4) is 0 Å². The summed E-state index contributed by atoms with van der Waals surface area (Å²) in [6.07, 6.45) is 6.83. The van der Waals surface area contributed by atoms with Gasteiger partial charge in [-0.3, -0.25) is 0 Å². The van der Waals surface area contributed by atoms with E-state index in [0.717, 1.165) is 13.2 Å². The van der Waals surface area contributed by atoms with Crippen LogP contribution in [0.1, 0.15) is 52.9 Å². The highest BCUT2D eigenvalue weighted by Gasteiger charge is 2.33. The molecule has 0 saturated heterocycles. The fourth-order valence-electron chi connectivity index (χ4n) is 2.49. The van der Waals surface area contributed by atoms with Crippen molar-refractivity contribution < 1.29 is 4.74 Å². The molecule has 1 N–H and O–H groups in total. The Morgan fingerprint density at radius 2 is 1.93 bits per heavy atom. The van der Waals surface area contributed by atoms with Crippen LogP contribution in [0.15, 0.2) is 0 Å². The normalized spacial score (nSPS) is 20.0. The minimum Gasteiger partial charge on any atom is -0.382 e. The monoisotopic (exact) mass is 213 g/mol. The first-order chi connectivity index (χ1) is 7.18. The fourth-order valence-corrected chi connectivity index (χ4v) is 2.49. The van der Waals surface area contributed by atoms with E-state index in [9.17, 15) is 0 Å². The van der Waals surface area contributed by atoms with Crippen LogP contribution >= 0.6 is 0 Å². The maximum atomic E-state index is 5.50. The Balaban J connectivity index is 2.32. The lowest BCUT2D eigenvalue weighted by molar-refractivity contribution is 0.102. The van der Waals surface area contributed by atoms with Crippen molar-refractivity contribution in [3.63, 3.8) is 0 Å². The maximum absolute atomic E-state index is 5.50. The lowest BCUT2D eigenvalue weighted by Crippen LogP contribution is -2.36. The van der Waals surface area contributed by atoms with Crippen LogP contribution < -0.4 is 5.32 Å². The lowest BCUT2D eigenvalue weighted by Gasteiger charge is -2.30. The third-order valence-electron chi connectivity index (χ3n) is 3.53. The van der Waals surface area contributed by atoms with Gasteiger partial charge in [0.15, 0.2) is 0 Å². The van der Waals surface area contributed by atoms with Gasteiger partial charge in [-0.25, -0.2) is 0 Å². The molecule has 1 aliphatic rings. The Kier molecular flexibility index (Phi) is 5.62. The molecule has 0 bridgehead atoms. The van der Waals surface area contributed by atoms with Gasteiger partial charge in [0.05, 0.1) is 0 Å². The molecular weight excluding hydrogens is 186 g/mol. The predicted molar refractivity (Wildman–Crippen MR) is 65.1 cm³/mol. The molecule has 0 aromatic heterocycles. The predicted octanol–water partition coefficient (Wildman–Crippen LogP) is 2.97. The first-order valence-electron chi connectivity index (χ1n) is 6.50. The van der Waals surface area contributed by atoms with Crippen molar-refractivity contribution in [2.24, 2.45) is 5.41 Å².